The van der Waals surface area contributed by atoms with Crippen LogP contribution in [0.3, 0.4) is 0 Å². The van der Waals surface area contributed by atoms with Crippen molar-refractivity contribution in [3.05, 3.63) is 81.3 Å². The van der Waals surface area contributed by atoms with E-state index in [9.17, 15) is 18.0 Å². The van der Waals surface area contributed by atoms with E-state index in [2.05, 4.69) is 15.9 Å². The third kappa shape index (κ3) is 4.67. The van der Waals surface area contributed by atoms with Crippen LogP contribution in [0.25, 0.3) is 0 Å². The van der Waals surface area contributed by atoms with Crippen molar-refractivity contribution in [2.24, 2.45) is 0 Å². The van der Waals surface area contributed by atoms with Crippen LogP contribution in [0, 0.1) is 0 Å². The maximum Gasteiger partial charge on any atom is 0.419 e. The van der Waals surface area contributed by atoms with Gasteiger partial charge in [0.15, 0.2) is 0 Å². The minimum absolute atomic E-state index is 0.0286. The second-order valence-electron chi connectivity index (χ2n) is 9.46. The van der Waals surface area contributed by atoms with Crippen molar-refractivity contribution >= 4 is 66.8 Å². The summed E-state index contributed by atoms with van der Waals surface area (Å²) in [5.74, 6) is 0. The minimum atomic E-state index is -3.87. The molecule has 12 heteroatoms. The quantitative estimate of drug-likeness (QED) is 0.340. The van der Waals surface area contributed by atoms with Crippen LogP contribution >= 0.6 is 27.5 Å². The summed E-state index contributed by atoms with van der Waals surface area (Å²) in [7, 11) is -3.87. The maximum atomic E-state index is 13.5. The number of carbonyl (C=O) groups is 2. The summed E-state index contributed by atoms with van der Waals surface area (Å²) < 4.78 is 40.0. The number of sulfonamides is 1. The van der Waals surface area contributed by atoms with Crippen molar-refractivity contribution in [1.82, 2.24) is 4.31 Å². The number of para-hydroxylation sites is 1. The predicted octanol–water partition coefficient (Wildman–Crippen LogP) is 6.20. The number of amides is 2. The van der Waals surface area contributed by atoms with Gasteiger partial charge in [-0.05, 0) is 55.3 Å². The molecule has 3 aromatic carbocycles. The maximum absolute atomic E-state index is 13.5. The lowest BCUT2D eigenvalue weighted by molar-refractivity contribution is 0.135. The van der Waals surface area contributed by atoms with Gasteiger partial charge in [-0.3, -0.25) is 4.90 Å². The van der Waals surface area contributed by atoms with Crippen LogP contribution in [0.5, 0.6) is 0 Å². The second-order valence-corrected chi connectivity index (χ2v) is 12.7. The Morgan fingerprint density at radius 3 is 2.28 bits per heavy atom. The van der Waals surface area contributed by atoms with Gasteiger partial charge in [0.05, 0.1) is 27.0 Å². The van der Waals surface area contributed by atoms with E-state index >= 15 is 0 Å². The average Bonchev–Trinajstić information content (AvgIpc) is 2.93. The van der Waals surface area contributed by atoms with Gasteiger partial charge in [-0.25, -0.2) is 22.9 Å². The van der Waals surface area contributed by atoms with Crippen LogP contribution in [0.2, 0.25) is 5.02 Å². The Labute approximate surface area is 239 Å². The molecule has 39 heavy (non-hydrogen) atoms. The van der Waals surface area contributed by atoms with E-state index < -0.39 is 22.2 Å². The fourth-order valence-corrected chi connectivity index (χ4v) is 7.49. The lowest BCUT2D eigenvalue weighted by Crippen LogP contribution is -2.50. The number of halogens is 2. The number of nitrogens with zero attached hydrogens (tertiary/aromatic N) is 3. The highest BCUT2D eigenvalue weighted by Crippen LogP contribution is 2.39. The number of rotatable bonds is 4. The van der Waals surface area contributed by atoms with Crippen molar-refractivity contribution in [3.63, 3.8) is 0 Å². The normalized spacial score (nSPS) is 18.3. The Morgan fingerprint density at radius 1 is 0.821 bits per heavy atom. The Bertz CT molecular complexity index is 1590. The second kappa shape index (κ2) is 10.1. The van der Waals surface area contributed by atoms with E-state index in [1.54, 1.807) is 11.0 Å². The number of benzene rings is 3. The first-order valence-electron chi connectivity index (χ1n) is 12.3. The smallest absolute Gasteiger partial charge is 0.419 e. The summed E-state index contributed by atoms with van der Waals surface area (Å²) in [6.45, 7) is 0.820. The molecule has 0 N–H and O–H groups in total. The third-order valence-corrected chi connectivity index (χ3v) is 9.89. The molecule has 0 radical (unpaired) electrons. The average molecular weight is 633 g/mol. The number of hydrogen-bond acceptors (Lipinski definition) is 6. The standard InChI is InChI=1S/C27H23BrClN3O6S/c28-19-5-7-24-18(13-19)16-38-26(33)31(24)20-9-11-30(12-10-20)39(35,36)21-6-8-25(22(29)14-21)32-23-4-2-1-3-17(23)15-37-27(32)34/h1-8,13-14,20H,9-12,15-16H2. The molecule has 1 fully saturated rings. The monoisotopic (exact) mass is 631 g/mol. The highest BCUT2D eigenvalue weighted by atomic mass is 79.9. The molecule has 0 atom stereocenters. The summed E-state index contributed by atoms with van der Waals surface area (Å²) in [6, 6.07) is 17.1. The fraction of sp³-hybridized carbons (Fsp3) is 0.259. The number of ether oxygens (including phenoxy) is 2. The van der Waals surface area contributed by atoms with Gasteiger partial charge in [0.2, 0.25) is 10.0 Å². The molecule has 3 aromatic rings. The first-order chi connectivity index (χ1) is 18.7. The van der Waals surface area contributed by atoms with Crippen LogP contribution in [0.4, 0.5) is 26.7 Å². The first kappa shape index (κ1) is 26.1. The van der Waals surface area contributed by atoms with Gasteiger partial charge < -0.3 is 9.47 Å². The molecule has 3 heterocycles. The predicted molar refractivity (Wildman–Crippen MR) is 149 cm³/mol. The Hall–Kier alpha value is -3.12. The molecule has 6 rings (SSSR count). The van der Waals surface area contributed by atoms with Crippen molar-refractivity contribution in [1.29, 1.82) is 0 Å². The molecule has 3 aliphatic rings. The zero-order chi connectivity index (χ0) is 27.3. The minimum Gasteiger partial charge on any atom is -0.444 e. The van der Waals surface area contributed by atoms with Crippen LogP contribution < -0.4 is 9.80 Å². The van der Waals surface area contributed by atoms with E-state index in [1.807, 2.05) is 36.4 Å². The van der Waals surface area contributed by atoms with E-state index in [4.69, 9.17) is 21.1 Å². The Balaban J connectivity index is 1.21. The molecule has 0 bridgehead atoms. The molecule has 0 aliphatic carbocycles. The van der Waals surface area contributed by atoms with Gasteiger partial charge in [-0.2, -0.15) is 4.31 Å². The number of piperidine rings is 1. The van der Waals surface area contributed by atoms with Crippen LogP contribution in [0.1, 0.15) is 24.0 Å². The van der Waals surface area contributed by atoms with E-state index in [0.717, 1.165) is 21.3 Å². The van der Waals surface area contributed by atoms with Crippen LogP contribution in [0.15, 0.2) is 70.0 Å². The molecule has 0 aromatic heterocycles. The van der Waals surface area contributed by atoms with E-state index in [-0.39, 0.29) is 42.3 Å². The van der Waals surface area contributed by atoms with Gasteiger partial charge in [0.1, 0.15) is 13.2 Å². The van der Waals surface area contributed by atoms with Crippen LogP contribution in [-0.4, -0.2) is 44.0 Å². The first-order valence-corrected chi connectivity index (χ1v) is 14.9. The largest absolute Gasteiger partial charge is 0.444 e. The molecule has 0 unspecified atom stereocenters. The zero-order valence-corrected chi connectivity index (χ0v) is 23.7. The molecular weight excluding hydrogens is 610 g/mol. The number of cyclic esters (lactones) is 2. The molecule has 0 saturated carbocycles. The summed E-state index contributed by atoms with van der Waals surface area (Å²) in [5, 5.41) is 0.110. The Morgan fingerprint density at radius 2 is 1.51 bits per heavy atom. The molecule has 0 spiro atoms. The lowest BCUT2D eigenvalue weighted by Gasteiger charge is -2.39. The molecule has 9 nitrogen and oxygen atoms in total. The highest BCUT2D eigenvalue weighted by molar-refractivity contribution is 9.10. The van der Waals surface area contributed by atoms with E-state index in [1.165, 1.54) is 27.4 Å². The number of anilines is 3. The van der Waals surface area contributed by atoms with Gasteiger partial charge in [-0.1, -0.05) is 45.7 Å². The Kier molecular flexibility index (Phi) is 6.78. The van der Waals surface area contributed by atoms with Crippen molar-refractivity contribution in [3.8, 4) is 0 Å². The van der Waals surface area contributed by atoms with Crippen molar-refractivity contribution in [2.75, 3.05) is 22.9 Å². The molecule has 3 aliphatic heterocycles. The number of fused-ring (bicyclic) bond motifs is 2. The zero-order valence-electron chi connectivity index (χ0n) is 20.5. The number of carbonyl (C=O) groups excluding carboxylic acids is 2. The number of hydrogen-bond donors (Lipinski definition) is 0. The topological polar surface area (TPSA) is 96.5 Å². The summed E-state index contributed by atoms with van der Waals surface area (Å²) in [6.07, 6.45) is -0.109. The summed E-state index contributed by atoms with van der Waals surface area (Å²) in [4.78, 5) is 28.3. The van der Waals surface area contributed by atoms with Crippen LogP contribution in [-0.2, 0) is 32.7 Å². The van der Waals surface area contributed by atoms with Crippen molar-refractivity contribution < 1.29 is 27.5 Å². The highest BCUT2D eigenvalue weighted by Gasteiger charge is 2.37. The van der Waals surface area contributed by atoms with Gasteiger partial charge in [0.25, 0.3) is 0 Å². The van der Waals surface area contributed by atoms with Gasteiger partial charge >= 0.3 is 12.2 Å². The summed E-state index contributed by atoms with van der Waals surface area (Å²) >= 11 is 9.99. The SMILES string of the molecule is O=C1OCc2ccccc2N1c1ccc(S(=O)(=O)N2CCC(N3C(=O)OCc4cc(Br)ccc43)CC2)cc1Cl. The lowest BCUT2D eigenvalue weighted by atomic mass is 10.0. The summed E-state index contributed by atoms with van der Waals surface area (Å²) in [5.41, 5.74) is 3.48. The molecular formula is C27H23BrClN3O6S. The van der Waals surface area contributed by atoms with E-state index in [0.29, 0.717) is 24.2 Å². The van der Waals surface area contributed by atoms with Gasteiger partial charge in [-0.15, -0.1) is 0 Å². The van der Waals surface area contributed by atoms with Gasteiger partial charge in [0, 0.05) is 34.7 Å². The molecule has 2 amide bonds. The van der Waals surface area contributed by atoms with Crippen molar-refractivity contribution in [2.45, 2.75) is 37.0 Å². The molecule has 1 saturated heterocycles. The third-order valence-electron chi connectivity index (χ3n) is 7.20. The fourth-order valence-electron chi connectivity index (χ4n) is 5.26. The molecule has 202 valence electrons.